The molecule has 0 fully saturated rings. The molecule has 0 saturated heterocycles. The Labute approximate surface area is 132 Å². The molecular weight excluding hydrogens is 274 g/mol. The lowest BCUT2D eigenvalue weighted by Gasteiger charge is -2.24. The van der Waals surface area contributed by atoms with Crippen LogP contribution in [0.3, 0.4) is 0 Å². The topological polar surface area (TPSA) is 47.7 Å². The fraction of sp³-hybridized carbons (Fsp3) is 0.647. The molecule has 3 rings (SSSR count). The summed E-state index contributed by atoms with van der Waals surface area (Å²) in [6, 6.07) is 0.419. The van der Waals surface area contributed by atoms with E-state index in [1.165, 1.54) is 29.7 Å². The Bertz CT molecular complexity index is 632. The molecule has 0 aliphatic heterocycles. The molecule has 0 unspecified atom stereocenters. The molecule has 2 aromatic heterocycles. The van der Waals surface area contributed by atoms with Crippen molar-refractivity contribution < 1.29 is 0 Å². The van der Waals surface area contributed by atoms with Crippen molar-refractivity contribution in [1.82, 2.24) is 24.9 Å². The minimum atomic E-state index is 0.0402. The van der Waals surface area contributed by atoms with Crippen molar-refractivity contribution in [2.45, 2.75) is 71.6 Å². The van der Waals surface area contributed by atoms with Gasteiger partial charge in [-0.05, 0) is 47.0 Å². The average Bonchev–Trinajstić information content (AvgIpc) is 3.11. The van der Waals surface area contributed by atoms with Gasteiger partial charge in [-0.1, -0.05) is 0 Å². The molecule has 1 N–H and O–H groups in total. The molecule has 0 bridgehead atoms. The molecule has 0 amide bonds. The second-order valence-electron chi connectivity index (χ2n) is 7.15. The number of nitrogens with zero attached hydrogens (tertiary/aromatic N) is 4. The molecule has 0 aromatic carbocycles. The summed E-state index contributed by atoms with van der Waals surface area (Å²) < 4.78 is 4.17. The van der Waals surface area contributed by atoms with Gasteiger partial charge in [-0.25, -0.2) is 0 Å². The van der Waals surface area contributed by atoms with Gasteiger partial charge >= 0.3 is 0 Å². The zero-order chi connectivity index (χ0) is 15.7. The third kappa shape index (κ3) is 2.95. The summed E-state index contributed by atoms with van der Waals surface area (Å²) in [5.74, 6) is 0. The lowest BCUT2D eigenvalue weighted by atomic mass is 9.93. The number of hydrogen-bond acceptors (Lipinski definition) is 3. The molecule has 0 radical (unpaired) electrons. The van der Waals surface area contributed by atoms with Crippen LogP contribution in [-0.4, -0.2) is 19.6 Å². The molecule has 2 aromatic rings. The molecule has 5 nitrogen and oxygen atoms in total. The fourth-order valence-corrected chi connectivity index (χ4v) is 3.16. The van der Waals surface area contributed by atoms with Gasteiger partial charge in [0.2, 0.25) is 0 Å². The summed E-state index contributed by atoms with van der Waals surface area (Å²) in [6.45, 7) is 10.5. The highest BCUT2D eigenvalue weighted by molar-refractivity contribution is 5.25. The lowest BCUT2D eigenvalue weighted by molar-refractivity contribution is 0.355. The summed E-state index contributed by atoms with van der Waals surface area (Å²) in [4.78, 5) is 0. The molecular formula is C17H27N5. The van der Waals surface area contributed by atoms with E-state index in [0.29, 0.717) is 6.04 Å². The standard InChI is InChI=1S/C17H27N5/c1-5-21-16-8-6-7-15(14(16)11-19-21)18-9-13-10-20-22(12-13)17(2,3)4/h10-12,15,18H,5-9H2,1-4H3/t15-/m1/s1. The Hall–Kier alpha value is -1.62. The van der Waals surface area contributed by atoms with Crippen molar-refractivity contribution in [3.05, 3.63) is 35.4 Å². The highest BCUT2D eigenvalue weighted by atomic mass is 15.3. The van der Waals surface area contributed by atoms with Gasteiger partial charge in [0.05, 0.1) is 17.9 Å². The van der Waals surface area contributed by atoms with Crippen molar-refractivity contribution in [1.29, 1.82) is 0 Å². The molecule has 0 spiro atoms. The predicted octanol–water partition coefficient (Wildman–Crippen LogP) is 3.02. The SMILES string of the molecule is CCn1ncc2c1CCC[C@H]2NCc1cnn(C(C)(C)C)c1. The van der Waals surface area contributed by atoms with E-state index in [2.05, 4.69) is 54.1 Å². The van der Waals surface area contributed by atoms with Crippen LogP contribution >= 0.6 is 0 Å². The molecule has 2 heterocycles. The first kappa shape index (κ1) is 15.3. The number of aryl methyl sites for hydroxylation is 1. The van der Waals surface area contributed by atoms with Crippen molar-refractivity contribution in [3.8, 4) is 0 Å². The molecule has 1 atom stereocenters. The molecule has 22 heavy (non-hydrogen) atoms. The highest BCUT2D eigenvalue weighted by Gasteiger charge is 2.23. The Morgan fingerprint density at radius 1 is 1.27 bits per heavy atom. The normalized spacial score (nSPS) is 18.5. The first-order valence-electron chi connectivity index (χ1n) is 8.31. The number of nitrogens with one attached hydrogen (secondary N) is 1. The van der Waals surface area contributed by atoms with Gasteiger partial charge in [0.1, 0.15) is 0 Å². The van der Waals surface area contributed by atoms with Gasteiger partial charge in [-0.15, -0.1) is 0 Å². The van der Waals surface area contributed by atoms with Crippen LogP contribution in [0.5, 0.6) is 0 Å². The predicted molar refractivity (Wildman–Crippen MR) is 87.6 cm³/mol. The minimum absolute atomic E-state index is 0.0402. The van der Waals surface area contributed by atoms with Gasteiger partial charge in [-0.3, -0.25) is 9.36 Å². The molecule has 120 valence electrons. The van der Waals surface area contributed by atoms with E-state index in [4.69, 9.17) is 0 Å². The van der Waals surface area contributed by atoms with E-state index in [-0.39, 0.29) is 5.54 Å². The van der Waals surface area contributed by atoms with Crippen molar-refractivity contribution in [3.63, 3.8) is 0 Å². The second-order valence-corrected chi connectivity index (χ2v) is 7.15. The molecule has 1 aliphatic carbocycles. The van der Waals surface area contributed by atoms with Crippen LogP contribution in [0.4, 0.5) is 0 Å². The van der Waals surface area contributed by atoms with E-state index in [1.807, 2.05) is 17.1 Å². The quantitative estimate of drug-likeness (QED) is 0.944. The Kier molecular flexibility index (Phi) is 4.08. The Morgan fingerprint density at radius 2 is 2.09 bits per heavy atom. The first-order valence-corrected chi connectivity index (χ1v) is 8.31. The summed E-state index contributed by atoms with van der Waals surface area (Å²) in [6.07, 6.45) is 9.74. The minimum Gasteiger partial charge on any atom is -0.306 e. The highest BCUT2D eigenvalue weighted by Crippen LogP contribution is 2.29. The summed E-state index contributed by atoms with van der Waals surface area (Å²) in [7, 11) is 0. The average molecular weight is 301 g/mol. The number of rotatable bonds is 4. The monoisotopic (exact) mass is 301 g/mol. The van der Waals surface area contributed by atoms with Crippen LogP contribution < -0.4 is 5.32 Å². The van der Waals surface area contributed by atoms with Crippen LogP contribution in [0.15, 0.2) is 18.6 Å². The van der Waals surface area contributed by atoms with Crippen molar-refractivity contribution in [2.75, 3.05) is 0 Å². The van der Waals surface area contributed by atoms with E-state index < -0.39 is 0 Å². The fourth-order valence-electron chi connectivity index (χ4n) is 3.16. The summed E-state index contributed by atoms with van der Waals surface area (Å²) >= 11 is 0. The second kappa shape index (κ2) is 5.88. The Morgan fingerprint density at radius 3 is 2.77 bits per heavy atom. The summed E-state index contributed by atoms with van der Waals surface area (Å²) in [5, 5.41) is 12.7. The molecule has 1 aliphatic rings. The van der Waals surface area contributed by atoms with Crippen LogP contribution in [0, 0.1) is 0 Å². The van der Waals surface area contributed by atoms with Gasteiger partial charge in [0.25, 0.3) is 0 Å². The maximum atomic E-state index is 4.52. The van der Waals surface area contributed by atoms with Gasteiger partial charge in [0, 0.05) is 42.1 Å². The van der Waals surface area contributed by atoms with Crippen molar-refractivity contribution >= 4 is 0 Å². The first-order chi connectivity index (χ1) is 10.5. The smallest absolute Gasteiger partial charge is 0.0543 e. The van der Waals surface area contributed by atoms with E-state index in [9.17, 15) is 0 Å². The van der Waals surface area contributed by atoms with E-state index in [1.54, 1.807) is 0 Å². The van der Waals surface area contributed by atoms with Gasteiger partial charge in [-0.2, -0.15) is 10.2 Å². The largest absolute Gasteiger partial charge is 0.306 e. The lowest BCUT2D eigenvalue weighted by Crippen LogP contribution is -2.25. The Balaban J connectivity index is 1.68. The van der Waals surface area contributed by atoms with Crippen LogP contribution in [-0.2, 0) is 25.0 Å². The number of aromatic nitrogens is 4. The van der Waals surface area contributed by atoms with Crippen LogP contribution in [0.2, 0.25) is 0 Å². The number of hydrogen-bond donors (Lipinski definition) is 1. The van der Waals surface area contributed by atoms with Gasteiger partial charge < -0.3 is 5.32 Å². The third-order valence-electron chi connectivity index (χ3n) is 4.44. The van der Waals surface area contributed by atoms with E-state index >= 15 is 0 Å². The third-order valence-corrected chi connectivity index (χ3v) is 4.44. The maximum Gasteiger partial charge on any atom is 0.0543 e. The summed E-state index contributed by atoms with van der Waals surface area (Å²) in [5.41, 5.74) is 4.08. The zero-order valence-electron chi connectivity index (χ0n) is 14.1. The van der Waals surface area contributed by atoms with Crippen molar-refractivity contribution in [2.24, 2.45) is 0 Å². The van der Waals surface area contributed by atoms with E-state index in [0.717, 1.165) is 19.5 Å². The molecule has 0 saturated carbocycles. The maximum absolute atomic E-state index is 4.52. The molecule has 5 heteroatoms. The number of fused-ring (bicyclic) bond motifs is 1. The zero-order valence-corrected chi connectivity index (χ0v) is 14.1. The van der Waals surface area contributed by atoms with Crippen LogP contribution in [0.25, 0.3) is 0 Å². The van der Waals surface area contributed by atoms with Crippen LogP contribution in [0.1, 0.15) is 63.4 Å². The van der Waals surface area contributed by atoms with Gasteiger partial charge in [0.15, 0.2) is 0 Å².